The van der Waals surface area contributed by atoms with Gasteiger partial charge in [-0.25, -0.2) is 10.0 Å². The van der Waals surface area contributed by atoms with Crippen molar-refractivity contribution in [2.45, 2.75) is 51.6 Å². The topological polar surface area (TPSA) is 87.9 Å². The van der Waals surface area contributed by atoms with Gasteiger partial charge < -0.3 is 14.2 Å². The number of hydroxylamine groups is 2. The smallest absolute Gasteiger partial charge is 0.233 e. The Labute approximate surface area is 177 Å². The Hall–Kier alpha value is -2.45. The fourth-order valence-electron chi connectivity index (χ4n) is 4.31. The highest BCUT2D eigenvalue weighted by atomic mass is 16.5. The second kappa shape index (κ2) is 10.5. The number of fused-ring (bicyclic) bond motifs is 1. The van der Waals surface area contributed by atoms with E-state index in [-0.39, 0.29) is 18.5 Å². The number of amides is 2. The molecule has 0 radical (unpaired) electrons. The van der Waals surface area contributed by atoms with Crippen molar-refractivity contribution in [2.75, 3.05) is 26.8 Å². The summed E-state index contributed by atoms with van der Waals surface area (Å²) in [6.45, 7) is 3.97. The summed E-state index contributed by atoms with van der Waals surface area (Å²) in [7, 11) is 1.68. The zero-order chi connectivity index (χ0) is 21.5. The molecule has 1 fully saturated rings. The van der Waals surface area contributed by atoms with Crippen molar-refractivity contribution in [2.24, 2.45) is 5.92 Å². The maximum atomic E-state index is 13.4. The Balaban J connectivity index is 1.90. The van der Waals surface area contributed by atoms with E-state index in [0.717, 1.165) is 42.5 Å². The van der Waals surface area contributed by atoms with Gasteiger partial charge in [-0.15, -0.1) is 0 Å². The van der Waals surface area contributed by atoms with Gasteiger partial charge in [0, 0.05) is 20.2 Å². The van der Waals surface area contributed by atoms with E-state index in [1.165, 1.54) is 0 Å². The Bertz CT molecular complexity index is 853. The zero-order valence-electron chi connectivity index (χ0n) is 17.9. The maximum Gasteiger partial charge on any atom is 0.233 e. The number of para-hydroxylation sites is 2. The fraction of sp³-hybridized carbons (Fsp3) is 0.591. The van der Waals surface area contributed by atoms with Crippen LogP contribution in [0.5, 0.6) is 0 Å². The number of unbranched alkanes of at least 4 members (excludes halogenated alkanes) is 1. The highest BCUT2D eigenvalue weighted by Crippen LogP contribution is 2.35. The van der Waals surface area contributed by atoms with Gasteiger partial charge in [0.25, 0.3) is 0 Å². The van der Waals surface area contributed by atoms with Crippen molar-refractivity contribution in [3.63, 3.8) is 0 Å². The number of rotatable bonds is 11. The summed E-state index contributed by atoms with van der Waals surface area (Å²) in [6.07, 6.45) is 4.57. The molecule has 0 bridgehead atoms. The quantitative estimate of drug-likeness (QED) is 0.346. The van der Waals surface area contributed by atoms with Gasteiger partial charge in [-0.05, 0) is 31.4 Å². The first-order valence-corrected chi connectivity index (χ1v) is 10.8. The summed E-state index contributed by atoms with van der Waals surface area (Å²) >= 11 is 0. The van der Waals surface area contributed by atoms with Gasteiger partial charge >= 0.3 is 0 Å². The minimum Gasteiger partial charge on any atom is -0.383 e. The van der Waals surface area contributed by atoms with Crippen LogP contribution in [0, 0.1) is 5.92 Å². The Morgan fingerprint density at radius 2 is 2.23 bits per heavy atom. The molecule has 30 heavy (non-hydrogen) atoms. The van der Waals surface area contributed by atoms with E-state index in [2.05, 4.69) is 11.5 Å². The Morgan fingerprint density at radius 1 is 1.43 bits per heavy atom. The number of benzene rings is 1. The number of ether oxygens (including phenoxy) is 1. The van der Waals surface area contributed by atoms with Crippen LogP contribution in [-0.4, -0.2) is 63.8 Å². The lowest BCUT2D eigenvalue weighted by Gasteiger charge is -2.30. The molecule has 1 aromatic carbocycles. The van der Waals surface area contributed by atoms with Gasteiger partial charge in [-0.1, -0.05) is 31.9 Å². The molecular formula is C22H32N4O4. The number of nitrogens with zero attached hydrogens (tertiary/aromatic N) is 4. The van der Waals surface area contributed by atoms with E-state index in [4.69, 9.17) is 9.72 Å². The summed E-state index contributed by atoms with van der Waals surface area (Å²) in [6, 6.07) is 7.87. The fourth-order valence-corrected chi connectivity index (χ4v) is 4.31. The number of likely N-dealkylation sites (tertiary alicyclic amines) is 1. The first kappa shape index (κ1) is 22.2. The number of carbonyl (C=O) groups is 2. The summed E-state index contributed by atoms with van der Waals surface area (Å²) in [5.74, 6) is 0.444. The molecule has 0 saturated carbocycles. The Morgan fingerprint density at radius 3 is 2.97 bits per heavy atom. The van der Waals surface area contributed by atoms with Gasteiger partial charge in [-0.3, -0.25) is 14.8 Å². The number of hydrogen-bond donors (Lipinski definition) is 1. The molecule has 0 spiro atoms. The number of carbonyl (C=O) groups excluding carboxylic acids is 2. The molecule has 0 unspecified atom stereocenters. The highest BCUT2D eigenvalue weighted by Gasteiger charge is 2.37. The molecule has 8 nitrogen and oxygen atoms in total. The zero-order valence-corrected chi connectivity index (χ0v) is 17.9. The van der Waals surface area contributed by atoms with Crippen LogP contribution in [-0.2, 0) is 20.9 Å². The van der Waals surface area contributed by atoms with Crippen molar-refractivity contribution in [1.29, 1.82) is 0 Å². The predicted octanol–water partition coefficient (Wildman–Crippen LogP) is 3.00. The monoisotopic (exact) mass is 416 g/mol. The molecule has 2 amide bonds. The minimum atomic E-state index is -0.419. The van der Waals surface area contributed by atoms with Crippen molar-refractivity contribution < 1.29 is 19.5 Å². The normalized spacial score (nSPS) is 17.4. The Kier molecular flexibility index (Phi) is 7.81. The van der Waals surface area contributed by atoms with Crippen LogP contribution in [0.3, 0.4) is 0 Å². The average Bonchev–Trinajstić information content (AvgIpc) is 3.38. The molecule has 0 aliphatic carbocycles. The third kappa shape index (κ3) is 4.82. The summed E-state index contributed by atoms with van der Waals surface area (Å²) in [5.41, 5.74) is 1.95. The van der Waals surface area contributed by atoms with E-state index in [1.54, 1.807) is 7.11 Å². The molecule has 2 aromatic rings. The molecule has 2 heterocycles. The molecule has 164 valence electrons. The molecule has 1 aromatic heterocycles. The first-order valence-electron chi connectivity index (χ1n) is 10.8. The van der Waals surface area contributed by atoms with Crippen LogP contribution >= 0.6 is 0 Å². The van der Waals surface area contributed by atoms with E-state index < -0.39 is 5.92 Å². The van der Waals surface area contributed by atoms with Crippen molar-refractivity contribution in [3.8, 4) is 0 Å². The van der Waals surface area contributed by atoms with E-state index in [1.807, 2.05) is 29.2 Å². The summed E-state index contributed by atoms with van der Waals surface area (Å²) in [5, 5.41) is 10.3. The predicted molar refractivity (Wildman–Crippen MR) is 113 cm³/mol. The number of methoxy groups -OCH3 is 1. The van der Waals surface area contributed by atoms with Crippen LogP contribution in [0.15, 0.2) is 24.3 Å². The lowest BCUT2D eigenvalue weighted by atomic mass is 9.99. The lowest BCUT2D eigenvalue weighted by molar-refractivity contribution is -0.157. The highest BCUT2D eigenvalue weighted by molar-refractivity contribution is 5.81. The molecular weight excluding hydrogens is 384 g/mol. The van der Waals surface area contributed by atoms with Crippen LogP contribution in [0.1, 0.15) is 50.9 Å². The van der Waals surface area contributed by atoms with Crippen LogP contribution in [0.25, 0.3) is 11.0 Å². The third-order valence-corrected chi connectivity index (χ3v) is 5.82. The van der Waals surface area contributed by atoms with Gasteiger partial charge in [-0.2, -0.15) is 0 Å². The number of imidazole rings is 1. The maximum absolute atomic E-state index is 13.4. The standard InChI is InChI=1S/C22H32N4O4/c1-3-4-8-17(15-24(29)16-27)22(28)26-12-7-11-20(26)21-23-18-9-5-6-10-19(18)25(21)13-14-30-2/h5-6,9-10,16-17,20,29H,3-4,7-8,11-15H2,1-2H3/t17-,20-/m0/s1. The number of hydrogen-bond acceptors (Lipinski definition) is 5. The minimum absolute atomic E-state index is 0.0165. The number of aromatic nitrogens is 2. The van der Waals surface area contributed by atoms with Gasteiger partial charge in [0.1, 0.15) is 5.82 Å². The van der Waals surface area contributed by atoms with Crippen molar-refractivity contribution >= 4 is 23.4 Å². The summed E-state index contributed by atoms with van der Waals surface area (Å²) in [4.78, 5) is 31.1. The molecule has 3 rings (SSSR count). The van der Waals surface area contributed by atoms with E-state index in [0.29, 0.717) is 37.6 Å². The van der Waals surface area contributed by atoms with E-state index >= 15 is 0 Å². The van der Waals surface area contributed by atoms with E-state index in [9.17, 15) is 14.8 Å². The van der Waals surface area contributed by atoms with Crippen LogP contribution in [0.2, 0.25) is 0 Å². The molecule has 1 aliphatic heterocycles. The molecule has 1 saturated heterocycles. The second-order valence-electron chi connectivity index (χ2n) is 7.86. The van der Waals surface area contributed by atoms with Crippen molar-refractivity contribution in [3.05, 3.63) is 30.1 Å². The van der Waals surface area contributed by atoms with Crippen LogP contribution in [0.4, 0.5) is 0 Å². The molecule has 8 heteroatoms. The van der Waals surface area contributed by atoms with Gasteiger partial charge in [0.05, 0.1) is 36.1 Å². The van der Waals surface area contributed by atoms with Crippen molar-refractivity contribution in [1.82, 2.24) is 19.5 Å². The second-order valence-corrected chi connectivity index (χ2v) is 7.86. The first-order chi connectivity index (χ1) is 14.6. The SMILES string of the molecule is CCCC[C@@H](CN(O)C=O)C(=O)N1CCC[C@H]1c1nc2ccccc2n1CCOC. The van der Waals surface area contributed by atoms with Gasteiger partial charge in [0.2, 0.25) is 12.3 Å². The molecule has 1 N–H and O–H groups in total. The van der Waals surface area contributed by atoms with Gasteiger partial charge in [0.15, 0.2) is 0 Å². The molecule has 1 aliphatic rings. The third-order valence-electron chi connectivity index (χ3n) is 5.82. The summed E-state index contributed by atoms with van der Waals surface area (Å²) < 4.78 is 7.45. The molecule has 2 atom stereocenters. The lowest BCUT2D eigenvalue weighted by Crippen LogP contribution is -2.41. The average molecular weight is 417 g/mol. The van der Waals surface area contributed by atoms with Crippen LogP contribution < -0.4 is 0 Å². The largest absolute Gasteiger partial charge is 0.383 e.